The van der Waals surface area contributed by atoms with E-state index in [1.165, 1.54) is 0 Å². The van der Waals surface area contributed by atoms with E-state index in [1.807, 2.05) is 35.2 Å². The van der Waals surface area contributed by atoms with Crippen LogP contribution in [0, 0.1) is 0 Å². The molecule has 0 saturated carbocycles. The summed E-state index contributed by atoms with van der Waals surface area (Å²) in [5.41, 5.74) is 4.00. The van der Waals surface area contributed by atoms with E-state index in [4.69, 9.17) is 9.97 Å². The Balaban J connectivity index is 1.32. The zero-order valence-electron chi connectivity index (χ0n) is 19.7. The topological polar surface area (TPSA) is 52.6 Å². The predicted molar refractivity (Wildman–Crippen MR) is 138 cm³/mol. The second-order valence-corrected chi connectivity index (χ2v) is 9.98. The van der Waals surface area contributed by atoms with Gasteiger partial charge >= 0.3 is 0 Å². The molecule has 7 heteroatoms. The molecule has 176 valence electrons. The number of aromatic nitrogens is 2. The lowest BCUT2D eigenvalue weighted by Gasteiger charge is -2.33. The Bertz CT molecular complexity index is 1110. The maximum atomic E-state index is 12.6. The van der Waals surface area contributed by atoms with Crippen molar-refractivity contribution in [3.63, 3.8) is 0 Å². The van der Waals surface area contributed by atoms with E-state index in [-0.39, 0.29) is 5.91 Å². The smallest absolute Gasteiger partial charge is 0.253 e. The molecule has 3 aromatic rings. The Morgan fingerprint density at radius 1 is 0.882 bits per heavy atom. The van der Waals surface area contributed by atoms with Gasteiger partial charge in [0.15, 0.2) is 5.16 Å². The Hall–Kier alpha value is -2.90. The summed E-state index contributed by atoms with van der Waals surface area (Å²) in [5, 5.41) is 0.785. The fourth-order valence-electron chi connectivity index (χ4n) is 4.43. The van der Waals surface area contributed by atoms with Crippen molar-refractivity contribution in [1.29, 1.82) is 0 Å². The molecular weight excluding hydrogens is 442 g/mol. The molecule has 34 heavy (non-hydrogen) atoms. The highest BCUT2D eigenvalue weighted by Crippen LogP contribution is 2.28. The summed E-state index contributed by atoms with van der Waals surface area (Å²) >= 11 is 1.65. The van der Waals surface area contributed by atoms with Crippen LogP contribution in [0.1, 0.15) is 28.8 Å². The van der Waals surface area contributed by atoms with Gasteiger partial charge in [-0.2, -0.15) is 0 Å². The van der Waals surface area contributed by atoms with Crippen LogP contribution >= 0.6 is 11.8 Å². The summed E-state index contributed by atoms with van der Waals surface area (Å²) in [4.78, 5) is 29.1. The van der Waals surface area contributed by atoms with Crippen LogP contribution in [-0.4, -0.2) is 72.0 Å². The minimum atomic E-state index is 0.146. The molecule has 0 unspecified atom stereocenters. The van der Waals surface area contributed by atoms with E-state index in [9.17, 15) is 4.79 Å². The maximum absolute atomic E-state index is 12.6. The number of thioether (sulfide) groups is 1. The molecule has 5 rings (SSSR count). The Morgan fingerprint density at radius 2 is 1.59 bits per heavy atom. The predicted octanol–water partition coefficient (Wildman–Crippen LogP) is 4.42. The third kappa shape index (κ3) is 5.42. The zero-order valence-corrected chi connectivity index (χ0v) is 20.5. The van der Waals surface area contributed by atoms with Gasteiger partial charge < -0.3 is 14.7 Å². The molecule has 3 heterocycles. The van der Waals surface area contributed by atoms with Crippen LogP contribution in [0.15, 0.2) is 65.8 Å². The van der Waals surface area contributed by atoms with Gasteiger partial charge in [0.1, 0.15) is 5.82 Å². The third-order valence-electron chi connectivity index (χ3n) is 6.55. The number of piperazine rings is 1. The monoisotopic (exact) mass is 473 g/mol. The summed E-state index contributed by atoms with van der Waals surface area (Å²) in [5.74, 6) is 1.90. The fourth-order valence-corrected chi connectivity index (χ4v) is 5.24. The highest BCUT2D eigenvalue weighted by atomic mass is 32.2. The van der Waals surface area contributed by atoms with E-state index >= 15 is 0 Å². The van der Waals surface area contributed by atoms with Gasteiger partial charge in [0.2, 0.25) is 0 Å². The first-order valence-electron chi connectivity index (χ1n) is 12.0. The van der Waals surface area contributed by atoms with Crippen LogP contribution in [0.25, 0.3) is 11.3 Å². The quantitative estimate of drug-likeness (QED) is 0.390. The number of rotatable bonds is 6. The SMILES string of the molecule is CN1CCN(c2cc(-c3ccccc3)nc(SCc3ccc(C(=O)N4CCCC4)cc3)n2)CC1. The molecule has 2 saturated heterocycles. The highest BCUT2D eigenvalue weighted by molar-refractivity contribution is 7.98. The summed E-state index contributed by atoms with van der Waals surface area (Å²) in [7, 11) is 2.16. The summed E-state index contributed by atoms with van der Waals surface area (Å²) < 4.78 is 0. The standard InChI is InChI=1S/C27H31N5OS/c1-30-15-17-31(18-16-30)25-19-24(22-7-3-2-4-8-22)28-27(29-25)34-20-21-9-11-23(12-10-21)26(33)32-13-5-6-14-32/h2-4,7-12,19H,5-6,13-18,20H2,1H3. The number of anilines is 1. The number of hydrogen-bond donors (Lipinski definition) is 0. The molecule has 1 amide bonds. The molecule has 1 aromatic heterocycles. The lowest BCUT2D eigenvalue weighted by atomic mass is 10.1. The lowest BCUT2D eigenvalue weighted by molar-refractivity contribution is 0.0793. The fraction of sp³-hybridized carbons (Fsp3) is 0.370. The summed E-state index contributed by atoms with van der Waals surface area (Å²) in [6.07, 6.45) is 2.22. The van der Waals surface area contributed by atoms with Gasteiger partial charge in [0.25, 0.3) is 5.91 Å². The van der Waals surface area contributed by atoms with Gasteiger partial charge in [-0.25, -0.2) is 9.97 Å². The van der Waals surface area contributed by atoms with Gasteiger partial charge in [-0.05, 0) is 37.6 Å². The van der Waals surface area contributed by atoms with E-state index in [0.29, 0.717) is 0 Å². The molecule has 6 nitrogen and oxygen atoms in total. The van der Waals surface area contributed by atoms with Gasteiger partial charge in [0.05, 0.1) is 5.69 Å². The van der Waals surface area contributed by atoms with Gasteiger partial charge in [-0.3, -0.25) is 4.79 Å². The van der Waals surface area contributed by atoms with Crippen molar-refractivity contribution in [2.75, 3.05) is 51.2 Å². The molecule has 0 N–H and O–H groups in total. The van der Waals surface area contributed by atoms with E-state index in [0.717, 1.165) is 91.2 Å². The van der Waals surface area contributed by atoms with Gasteiger partial charge in [-0.15, -0.1) is 0 Å². The third-order valence-corrected chi connectivity index (χ3v) is 7.47. The van der Waals surface area contributed by atoms with Gasteiger partial charge in [0, 0.05) is 62.2 Å². The maximum Gasteiger partial charge on any atom is 0.253 e. The highest BCUT2D eigenvalue weighted by Gasteiger charge is 2.20. The molecule has 0 atom stereocenters. The van der Waals surface area contributed by atoms with E-state index in [2.05, 4.69) is 47.2 Å². The van der Waals surface area contributed by atoms with Crippen molar-refractivity contribution in [2.24, 2.45) is 0 Å². The lowest BCUT2D eigenvalue weighted by Crippen LogP contribution is -2.44. The largest absolute Gasteiger partial charge is 0.354 e. The van der Waals surface area contributed by atoms with Crippen LogP contribution in [-0.2, 0) is 5.75 Å². The molecule has 2 aromatic carbocycles. The number of benzene rings is 2. The van der Waals surface area contributed by atoms with Crippen molar-refractivity contribution >= 4 is 23.5 Å². The van der Waals surface area contributed by atoms with Crippen molar-refractivity contribution in [2.45, 2.75) is 23.8 Å². The Labute approximate surface area is 206 Å². The Kier molecular flexibility index (Phi) is 7.11. The molecule has 0 radical (unpaired) electrons. The van der Waals surface area contributed by atoms with Crippen molar-refractivity contribution in [1.82, 2.24) is 19.8 Å². The number of amides is 1. The number of nitrogens with zero attached hydrogens (tertiary/aromatic N) is 5. The second-order valence-electron chi connectivity index (χ2n) is 9.04. The number of likely N-dealkylation sites (N-methyl/N-ethyl adjacent to an activating group) is 1. The van der Waals surface area contributed by atoms with Crippen LogP contribution in [0.4, 0.5) is 5.82 Å². The normalized spacial score (nSPS) is 16.7. The molecule has 2 aliphatic heterocycles. The van der Waals surface area contributed by atoms with Crippen molar-refractivity contribution in [3.8, 4) is 11.3 Å². The first-order valence-corrected chi connectivity index (χ1v) is 13.0. The van der Waals surface area contributed by atoms with E-state index < -0.39 is 0 Å². The first kappa shape index (κ1) is 22.9. The van der Waals surface area contributed by atoms with Crippen molar-refractivity contribution in [3.05, 3.63) is 71.8 Å². The summed E-state index contributed by atoms with van der Waals surface area (Å²) in [6.45, 7) is 5.77. The minimum absolute atomic E-state index is 0.146. The molecular formula is C27H31N5OS. The van der Waals surface area contributed by atoms with Gasteiger partial charge in [-0.1, -0.05) is 54.2 Å². The number of carbonyl (C=O) groups excluding carboxylic acids is 1. The molecule has 2 aliphatic rings. The number of hydrogen-bond acceptors (Lipinski definition) is 6. The molecule has 0 aliphatic carbocycles. The minimum Gasteiger partial charge on any atom is -0.354 e. The summed E-state index contributed by atoms with van der Waals surface area (Å²) in [6, 6.07) is 20.4. The van der Waals surface area contributed by atoms with E-state index in [1.54, 1.807) is 11.8 Å². The molecule has 2 fully saturated rings. The van der Waals surface area contributed by atoms with Crippen LogP contribution < -0.4 is 4.90 Å². The number of likely N-dealkylation sites (tertiary alicyclic amines) is 1. The average molecular weight is 474 g/mol. The zero-order chi connectivity index (χ0) is 23.3. The number of carbonyl (C=O) groups is 1. The first-order chi connectivity index (χ1) is 16.7. The van der Waals surface area contributed by atoms with Crippen LogP contribution in [0.3, 0.4) is 0 Å². The van der Waals surface area contributed by atoms with Crippen LogP contribution in [0.5, 0.6) is 0 Å². The Morgan fingerprint density at radius 3 is 2.29 bits per heavy atom. The molecule has 0 bridgehead atoms. The second kappa shape index (κ2) is 10.6. The average Bonchev–Trinajstić information content (AvgIpc) is 3.43. The van der Waals surface area contributed by atoms with Crippen molar-refractivity contribution < 1.29 is 4.79 Å². The molecule has 0 spiro atoms. The van der Waals surface area contributed by atoms with Crippen LogP contribution in [0.2, 0.25) is 0 Å².